The Morgan fingerprint density at radius 2 is 2.12 bits per heavy atom. The van der Waals surface area contributed by atoms with Crippen LogP contribution in [0.2, 0.25) is 0 Å². The lowest BCUT2D eigenvalue weighted by molar-refractivity contribution is -0.143. The van der Waals surface area contributed by atoms with E-state index in [1.807, 2.05) is 6.92 Å². The molecule has 1 fully saturated rings. The first-order valence-electron chi connectivity index (χ1n) is 7.11. The minimum absolute atomic E-state index is 0.0532. The van der Waals surface area contributed by atoms with Crippen LogP contribution in [0.5, 0.6) is 0 Å². The molecule has 0 spiro atoms. The van der Waals surface area contributed by atoms with E-state index in [1.165, 1.54) is 19.3 Å². The lowest BCUT2D eigenvalue weighted by Crippen LogP contribution is -2.27. The third-order valence-corrected chi connectivity index (χ3v) is 3.24. The van der Waals surface area contributed by atoms with Crippen LogP contribution in [-0.2, 0) is 9.53 Å². The molecule has 1 aliphatic carbocycles. The smallest absolute Gasteiger partial charge is 0.305 e. The van der Waals surface area contributed by atoms with Crippen LogP contribution in [0.4, 0.5) is 0 Å². The summed E-state index contributed by atoms with van der Waals surface area (Å²) in [5.41, 5.74) is 0. The second kappa shape index (κ2) is 8.51. The largest absolute Gasteiger partial charge is 0.466 e. The van der Waals surface area contributed by atoms with Crippen molar-refractivity contribution in [2.24, 2.45) is 5.92 Å². The van der Waals surface area contributed by atoms with Crippen molar-refractivity contribution in [2.45, 2.75) is 64.8 Å². The van der Waals surface area contributed by atoms with Gasteiger partial charge in [0.25, 0.3) is 0 Å². The Balaban J connectivity index is 1.81. The summed E-state index contributed by atoms with van der Waals surface area (Å²) in [5, 5.41) is 3.55. The van der Waals surface area contributed by atoms with Gasteiger partial charge < -0.3 is 10.1 Å². The number of esters is 1. The van der Waals surface area contributed by atoms with Crippen molar-refractivity contribution >= 4 is 5.97 Å². The minimum Gasteiger partial charge on any atom is -0.466 e. The number of carbonyl (C=O) groups is 1. The number of rotatable bonds is 10. The summed E-state index contributed by atoms with van der Waals surface area (Å²) >= 11 is 0. The molecule has 1 unspecified atom stereocenters. The molecule has 3 nitrogen and oxygen atoms in total. The molecule has 1 saturated carbocycles. The molecule has 1 aliphatic rings. The van der Waals surface area contributed by atoms with Gasteiger partial charge in [-0.2, -0.15) is 0 Å². The summed E-state index contributed by atoms with van der Waals surface area (Å²) < 4.78 is 4.88. The number of ether oxygens (including phenoxy) is 1. The quantitative estimate of drug-likeness (QED) is 0.472. The van der Waals surface area contributed by atoms with Gasteiger partial charge in [-0.3, -0.25) is 4.79 Å². The van der Waals surface area contributed by atoms with Crippen LogP contribution < -0.4 is 5.32 Å². The molecule has 1 atom stereocenters. The molecule has 0 aromatic heterocycles. The van der Waals surface area contributed by atoms with Crippen molar-refractivity contribution in [3.8, 4) is 0 Å². The normalized spacial score (nSPS) is 16.8. The molecule has 0 heterocycles. The first kappa shape index (κ1) is 14.5. The molecule has 100 valence electrons. The van der Waals surface area contributed by atoms with Gasteiger partial charge in [-0.05, 0) is 45.6 Å². The van der Waals surface area contributed by atoms with E-state index in [9.17, 15) is 4.79 Å². The zero-order valence-corrected chi connectivity index (χ0v) is 11.3. The van der Waals surface area contributed by atoms with Gasteiger partial charge in [-0.1, -0.05) is 19.3 Å². The van der Waals surface area contributed by atoms with Crippen LogP contribution >= 0.6 is 0 Å². The zero-order chi connectivity index (χ0) is 12.5. The molecule has 0 radical (unpaired) electrons. The van der Waals surface area contributed by atoms with E-state index in [2.05, 4.69) is 12.2 Å². The van der Waals surface area contributed by atoms with Gasteiger partial charge in [0.05, 0.1) is 6.61 Å². The maximum atomic E-state index is 11.1. The second-order valence-electron chi connectivity index (χ2n) is 5.15. The van der Waals surface area contributed by atoms with E-state index in [0.717, 1.165) is 31.7 Å². The fraction of sp³-hybridized carbons (Fsp3) is 0.929. The van der Waals surface area contributed by atoms with Crippen LogP contribution in [0.3, 0.4) is 0 Å². The predicted molar refractivity (Wildman–Crippen MR) is 69.9 cm³/mol. The van der Waals surface area contributed by atoms with E-state index in [-0.39, 0.29) is 5.97 Å². The fourth-order valence-electron chi connectivity index (χ4n) is 2.09. The van der Waals surface area contributed by atoms with Gasteiger partial charge in [0.15, 0.2) is 0 Å². The van der Waals surface area contributed by atoms with E-state index in [1.54, 1.807) is 0 Å². The molecule has 0 aromatic carbocycles. The topological polar surface area (TPSA) is 38.3 Å². The minimum atomic E-state index is -0.0532. The maximum Gasteiger partial charge on any atom is 0.305 e. The molecule has 17 heavy (non-hydrogen) atoms. The van der Waals surface area contributed by atoms with E-state index in [0.29, 0.717) is 19.1 Å². The first-order valence-corrected chi connectivity index (χ1v) is 7.11. The molecule has 3 heteroatoms. The monoisotopic (exact) mass is 241 g/mol. The Labute approximate surface area is 105 Å². The summed E-state index contributed by atoms with van der Waals surface area (Å²) in [6.45, 7) is 5.70. The van der Waals surface area contributed by atoms with Gasteiger partial charge in [-0.15, -0.1) is 0 Å². The molecule has 1 N–H and O–H groups in total. The maximum absolute atomic E-state index is 11.1. The van der Waals surface area contributed by atoms with Gasteiger partial charge in [0, 0.05) is 12.5 Å². The number of unbranched alkanes of at least 4 members (excludes halogenated alkanes) is 2. The van der Waals surface area contributed by atoms with E-state index >= 15 is 0 Å². The number of hydrogen-bond acceptors (Lipinski definition) is 3. The van der Waals surface area contributed by atoms with Crippen molar-refractivity contribution < 1.29 is 9.53 Å². The zero-order valence-electron chi connectivity index (χ0n) is 11.3. The average molecular weight is 241 g/mol. The number of carbonyl (C=O) groups excluding carboxylic acids is 1. The van der Waals surface area contributed by atoms with E-state index in [4.69, 9.17) is 4.74 Å². The Morgan fingerprint density at radius 3 is 2.76 bits per heavy atom. The van der Waals surface area contributed by atoms with Crippen molar-refractivity contribution in [1.29, 1.82) is 0 Å². The van der Waals surface area contributed by atoms with Gasteiger partial charge in [0.2, 0.25) is 0 Å². The van der Waals surface area contributed by atoms with Crippen molar-refractivity contribution in [3.63, 3.8) is 0 Å². The fourth-order valence-corrected chi connectivity index (χ4v) is 2.09. The molecule has 0 amide bonds. The van der Waals surface area contributed by atoms with Crippen LogP contribution in [0.15, 0.2) is 0 Å². The highest BCUT2D eigenvalue weighted by Gasteiger charge is 2.22. The molecule has 1 rings (SSSR count). The molecular formula is C14H27NO2. The highest BCUT2D eigenvalue weighted by molar-refractivity contribution is 5.69. The summed E-state index contributed by atoms with van der Waals surface area (Å²) in [4.78, 5) is 11.1. The molecule has 0 aromatic rings. The summed E-state index contributed by atoms with van der Waals surface area (Å²) in [6, 6.07) is 0.660. The average Bonchev–Trinajstić information content (AvgIpc) is 3.07. The molecule has 0 saturated heterocycles. The van der Waals surface area contributed by atoms with Gasteiger partial charge >= 0.3 is 5.97 Å². The summed E-state index contributed by atoms with van der Waals surface area (Å²) in [7, 11) is 0. The van der Waals surface area contributed by atoms with E-state index < -0.39 is 0 Å². The first-order chi connectivity index (χ1) is 8.22. The van der Waals surface area contributed by atoms with Gasteiger partial charge in [-0.25, -0.2) is 0 Å². The second-order valence-corrected chi connectivity index (χ2v) is 5.15. The predicted octanol–water partition coefficient (Wildman–Crippen LogP) is 2.89. The van der Waals surface area contributed by atoms with Crippen LogP contribution in [0.25, 0.3) is 0 Å². The Bertz CT molecular complexity index is 214. The molecule has 0 aliphatic heterocycles. The summed E-state index contributed by atoms with van der Waals surface area (Å²) in [6.07, 6.45) is 8.01. The van der Waals surface area contributed by atoms with Crippen molar-refractivity contribution in [3.05, 3.63) is 0 Å². The molecule has 0 bridgehead atoms. The third-order valence-electron chi connectivity index (χ3n) is 3.24. The Morgan fingerprint density at radius 1 is 1.35 bits per heavy atom. The lowest BCUT2D eigenvalue weighted by atomic mass is 10.1. The summed E-state index contributed by atoms with van der Waals surface area (Å²) in [5.74, 6) is 0.948. The standard InChI is InChI=1S/C14H27NO2/c1-3-17-14(16)7-5-4-6-10-15-12(2)11-13-8-9-13/h12-13,15H,3-11H2,1-2H3. The van der Waals surface area contributed by atoms with Crippen LogP contribution in [0, 0.1) is 5.92 Å². The Kier molecular flexibility index (Phi) is 7.25. The number of hydrogen-bond donors (Lipinski definition) is 1. The highest BCUT2D eigenvalue weighted by atomic mass is 16.5. The van der Waals surface area contributed by atoms with Crippen molar-refractivity contribution in [1.82, 2.24) is 5.32 Å². The van der Waals surface area contributed by atoms with Crippen LogP contribution in [-0.4, -0.2) is 25.2 Å². The SMILES string of the molecule is CCOC(=O)CCCCCNC(C)CC1CC1. The Hall–Kier alpha value is -0.570. The lowest BCUT2D eigenvalue weighted by Gasteiger charge is -2.12. The van der Waals surface area contributed by atoms with Gasteiger partial charge in [0.1, 0.15) is 0 Å². The number of nitrogens with one attached hydrogen (secondary N) is 1. The third kappa shape index (κ3) is 8.19. The molecular weight excluding hydrogens is 214 g/mol. The highest BCUT2D eigenvalue weighted by Crippen LogP contribution is 2.33. The van der Waals surface area contributed by atoms with Crippen molar-refractivity contribution in [2.75, 3.05) is 13.2 Å². The van der Waals surface area contributed by atoms with Crippen LogP contribution in [0.1, 0.15) is 58.8 Å².